The van der Waals surface area contributed by atoms with Gasteiger partial charge in [0.25, 0.3) is 0 Å². The third-order valence-corrected chi connectivity index (χ3v) is 2.43. The Bertz CT molecular complexity index is 525. The summed E-state index contributed by atoms with van der Waals surface area (Å²) in [5.74, 6) is 0.149. The maximum atomic E-state index is 9.60. The van der Waals surface area contributed by atoms with Gasteiger partial charge in [0.15, 0.2) is 0 Å². The number of aromatic hydroxyl groups is 1. The molecule has 1 aromatic carbocycles. The smallest absolute Gasteiger partial charge is 0.125 e. The molecule has 3 nitrogen and oxygen atoms in total. The van der Waals surface area contributed by atoms with E-state index in [1.165, 1.54) is 6.07 Å². The first-order chi connectivity index (χ1) is 6.74. The van der Waals surface area contributed by atoms with E-state index < -0.39 is 0 Å². The highest BCUT2D eigenvalue weighted by molar-refractivity contribution is 6.35. The molecule has 0 aliphatic rings. The Labute approximate surface area is 85.5 Å². The molecule has 1 aromatic heterocycles. The largest absolute Gasteiger partial charge is 0.507 e. The first-order valence-corrected chi connectivity index (χ1v) is 4.46. The number of hydrogen-bond acceptors (Lipinski definition) is 2. The molecule has 2 N–H and O–H groups in total. The molecule has 2 rings (SSSR count). The zero-order chi connectivity index (χ0) is 10.1. The number of aromatic nitrogens is 1. The van der Waals surface area contributed by atoms with Gasteiger partial charge in [0, 0.05) is 11.6 Å². The summed E-state index contributed by atoms with van der Waals surface area (Å²) in [5, 5.41) is 19.4. The van der Waals surface area contributed by atoms with E-state index in [2.05, 4.69) is 4.98 Å². The SMILES string of the molecule is N#CCc1c[nH]c2c(Cl)ccc(O)c12. The zero-order valence-electron chi connectivity index (χ0n) is 7.21. The highest BCUT2D eigenvalue weighted by Gasteiger charge is 2.10. The number of rotatable bonds is 1. The second-order valence-electron chi connectivity index (χ2n) is 2.97. The van der Waals surface area contributed by atoms with E-state index >= 15 is 0 Å². The van der Waals surface area contributed by atoms with Gasteiger partial charge in [-0.15, -0.1) is 0 Å². The summed E-state index contributed by atoms with van der Waals surface area (Å²) < 4.78 is 0. The molecule has 0 bridgehead atoms. The molecule has 0 amide bonds. The van der Waals surface area contributed by atoms with Crippen molar-refractivity contribution in [1.29, 1.82) is 5.26 Å². The summed E-state index contributed by atoms with van der Waals surface area (Å²) in [6.07, 6.45) is 1.95. The lowest BCUT2D eigenvalue weighted by atomic mass is 10.1. The van der Waals surface area contributed by atoms with Gasteiger partial charge in [-0.3, -0.25) is 0 Å². The van der Waals surface area contributed by atoms with Gasteiger partial charge in [0.05, 0.1) is 23.0 Å². The minimum absolute atomic E-state index is 0.149. The van der Waals surface area contributed by atoms with Crippen LogP contribution in [0.5, 0.6) is 5.75 Å². The number of aromatic amines is 1. The maximum absolute atomic E-state index is 9.60. The van der Waals surface area contributed by atoms with Crippen molar-refractivity contribution in [2.75, 3.05) is 0 Å². The summed E-state index contributed by atoms with van der Waals surface area (Å²) >= 11 is 5.92. The van der Waals surface area contributed by atoms with E-state index in [0.717, 1.165) is 5.56 Å². The molecule has 0 aliphatic carbocycles. The average molecular weight is 207 g/mol. The number of phenols is 1. The van der Waals surface area contributed by atoms with E-state index in [1.807, 2.05) is 6.07 Å². The van der Waals surface area contributed by atoms with E-state index in [1.54, 1.807) is 12.3 Å². The van der Waals surface area contributed by atoms with E-state index in [4.69, 9.17) is 16.9 Å². The first kappa shape index (κ1) is 8.92. The second kappa shape index (κ2) is 3.24. The Balaban J connectivity index is 2.78. The molecule has 70 valence electrons. The number of fused-ring (bicyclic) bond motifs is 1. The second-order valence-corrected chi connectivity index (χ2v) is 3.37. The van der Waals surface area contributed by atoms with E-state index in [9.17, 15) is 5.11 Å². The van der Waals surface area contributed by atoms with E-state index in [0.29, 0.717) is 15.9 Å². The minimum Gasteiger partial charge on any atom is -0.507 e. The van der Waals surface area contributed by atoms with Crippen LogP contribution in [0.2, 0.25) is 5.02 Å². The van der Waals surface area contributed by atoms with E-state index in [-0.39, 0.29) is 12.2 Å². The van der Waals surface area contributed by atoms with Gasteiger partial charge in [-0.2, -0.15) is 5.26 Å². The minimum atomic E-state index is 0.149. The number of nitrogens with one attached hydrogen (secondary N) is 1. The highest BCUT2D eigenvalue weighted by atomic mass is 35.5. The summed E-state index contributed by atoms with van der Waals surface area (Å²) in [6, 6.07) is 5.18. The van der Waals surface area contributed by atoms with Crippen molar-refractivity contribution in [3.63, 3.8) is 0 Å². The Morgan fingerprint density at radius 2 is 2.29 bits per heavy atom. The summed E-state index contributed by atoms with van der Waals surface area (Å²) in [5.41, 5.74) is 1.44. The van der Waals surface area contributed by atoms with Crippen molar-refractivity contribution in [1.82, 2.24) is 4.98 Å². The number of benzene rings is 1. The molecule has 0 unspecified atom stereocenters. The number of phenolic OH excluding ortho intramolecular Hbond substituents is 1. The molecule has 4 heteroatoms. The fourth-order valence-corrected chi connectivity index (χ4v) is 1.70. The molecule has 0 radical (unpaired) electrons. The third-order valence-electron chi connectivity index (χ3n) is 2.11. The van der Waals surface area contributed by atoms with Crippen LogP contribution in [-0.2, 0) is 6.42 Å². The first-order valence-electron chi connectivity index (χ1n) is 4.08. The van der Waals surface area contributed by atoms with Crippen LogP contribution in [0.4, 0.5) is 0 Å². The van der Waals surface area contributed by atoms with Crippen molar-refractivity contribution >= 4 is 22.5 Å². The van der Waals surface area contributed by atoms with Crippen LogP contribution >= 0.6 is 11.6 Å². The number of halogens is 1. The standard InChI is InChI=1S/C10H7ClN2O/c11-7-1-2-8(14)9-6(3-4-12)5-13-10(7)9/h1-2,5,13-14H,3H2. The maximum Gasteiger partial charge on any atom is 0.125 e. The van der Waals surface area contributed by atoms with Crippen molar-refractivity contribution in [3.8, 4) is 11.8 Å². The molecule has 0 atom stereocenters. The molecule has 0 spiro atoms. The summed E-state index contributed by atoms with van der Waals surface area (Å²) in [6.45, 7) is 0. The molecule has 0 saturated carbocycles. The molecular formula is C10H7ClN2O. The fraction of sp³-hybridized carbons (Fsp3) is 0.100. The Kier molecular flexibility index (Phi) is 2.06. The van der Waals surface area contributed by atoms with Crippen molar-refractivity contribution < 1.29 is 5.11 Å². The fourth-order valence-electron chi connectivity index (χ4n) is 1.49. The van der Waals surface area contributed by atoms with Crippen LogP contribution in [0.1, 0.15) is 5.56 Å². The number of H-pyrrole nitrogens is 1. The number of nitriles is 1. The van der Waals surface area contributed by atoms with Gasteiger partial charge >= 0.3 is 0 Å². The zero-order valence-corrected chi connectivity index (χ0v) is 7.97. The molecule has 0 saturated heterocycles. The Morgan fingerprint density at radius 1 is 1.50 bits per heavy atom. The van der Waals surface area contributed by atoms with Gasteiger partial charge in [0.1, 0.15) is 5.75 Å². The number of nitrogens with zero attached hydrogens (tertiary/aromatic N) is 1. The molecule has 0 aliphatic heterocycles. The lowest BCUT2D eigenvalue weighted by Gasteiger charge is -1.98. The highest BCUT2D eigenvalue weighted by Crippen LogP contribution is 2.32. The molecule has 1 heterocycles. The Morgan fingerprint density at radius 3 is 3.00 bits per heavy atom. The van der Waals surface area contributed by atoms with Crippen molar-refractivity contribution in [2.45, 2.75) is 6.42 Å². The Hall–Kier alpha value is -1.66. The van der Waals surface area contributed by atoms with Gasteiger partial charge < -0.3 is 10.1 Å². The van der Waals surface area contributed by atoms with Gasteiger partial charge in [-0.1, -0.05) is 11.6 Å². The van der Waals surface area contributed by atoms with Gasteiger partial charge in [-0.25, -0.2) is 0 Å². The monoisotopic (exact) mass is 206 g/mol. The summed E-state index contributed by atoms with van der Waals surface area (Å²) in [7, 11) is 0. The molecular weight excluding hydrogens is 200 g/mol. The molecule has 14 heavy (non-hydrogen) atoms. The van der Waals surface area contributed by atoms with Crippen molar-refractivity contribution in [3.05, 3.63) is 28.9 Å². The third kappa shape index (κ3) is 1.21. The van der Waals surface area contributed by atoms with Gasteiger partial charge in [-0.05, 0) is 17.7 Å². The normalized spacial score (nSPS) is 10.3. The topological polar surface area (TPSA) is 59.8 Å². The number of hydrogen-bond donors (Lipinski definition) is 2. The lowest BCUT2D eigenvalue weighted by Crippen LogP contribution is -1.78. The van der Waals surface area contributed by atoms with Crippen LogP contribution in [0, 0.1) is 11.3 Å². The lowest BCUT2D eigenvalue weighted by molar-refractivity contribution is 0.481. The molecule has 0 fully saturated rings. The van der Waals surface area contributed by atoms with Crippen LogP contribution in [0.25, 0.3) is 10.9 Å². The van der Waals surface area contributed by atoms with Crippen molar-refractivity contribution in [2.24, 2.45) is 0 Å². The average Bonchev–Trinajstić information content (AvgIpc) is 2.58. The van der Waals surface area contributed by atoms with Crippen LogP contribution in [0.15, 0.2) is 18.3 Å². The quantitative estimate of drug-likeness (QED) is 0.754. The van der Waals surface area contributed by atoms with Crippen LogP contribution in [0.3, 0.4) is 0 Å². The molecule has 2 aromatic rings. The predicted octanol–water partition coefficient (Wildman–Crippen LogP) is 2.59. The van der Waals surface area contributed by atoms with Crippen LogP contribution < -0.4 is 0 Å². The predicted molar refractivity (Wildman–Crippen MR) is 54.3 cm³/mol. The van der Waals surface area contributed by atoms with Crippen LogP contribution in [-0.4, -0.2) is 10.1 Å². The summed E-state index contributed by atoms with van der Waals surface area (Å²) in [4.78, 5) is 2.94. The van der Waals surface area contributed by atoms with Gasteiger partial charge in [0.2, 0.25) is 0 Å².